The highest BCUT2D eigenvalue weighted by Crippen LogP contribution is 2.25. The lowest BCUT2D eigenvalue weighted by atomic mass is 10.1. The molecular formula is C13H16Cl2N2O4S. The molecule has 0 radical (unpaired) electrons. The first-order valence-corrected chi connectivity index (χ1v) is 8.93. The van der Waals surface area contributed by atoms with Crippen LogP contribution in [0.3, 0.4) is 0 Å². The summed E-state index contributed by atoms with van der Waals surface area (Å²) in [6, 6.07) is 3.98. The highest BCUT2D eigenvalue weighted by Gasteiger charge is 2.26. The summed E-state index contributed by atoms with van der Waals surface area (Å²) in [7, 11) is -3.72. The average molecular weight is 367 g/mol. The lowest BCUT2D eigenvalue weighted by Gasteiger charge is -2.31. The normalized spacial score (nSPS) is 17.5. The number of nitrogens with one attached hydrogen (secondary N) is 1. The molecule has 9 heteroatoms. The number of halogens is 2. The van der Waals surface area contributed by atoms with E-state index in [1.54, 1.807) is 4.90 Å². The number of sulfonamides is 1. The zero-order chi connectivity index (χ0) is 16.3. The number of benzene rings is 1. The van der Waals surface area contributed by atoms with E-state index in [0.717, 1.165) is 0 Å². The van der Waals surface area contributed by atoms with E-state index < -0.39 is 16.0 Å². The number of rotatable bonds is 5. The Morgan fingerprint density at radius 2 is 1.95 bits per heavy atom. The van der Waals surface area contributed by atoms with Gasteiger partial charge >= 0.3 is 5.97 Å². The minimum Gasteiger partial charge on any atom is -0.480 e. The maximum atomic E-state index is 12.3. The summed E-state index contributed by atoms with van der Waals surface area (Å²) >= 11 is 11.7. The molecule has 1 aliphatic rings. The molecule has 1 aromatic rings. The lowest BCUT2D eigenvalue weighted by molar-refractivity contribution is -0.138. The maximum Gasteiger partial charge on any atom is 0.317 e. The van der Waals surface area contributed by atoms with Gasteiger partial charge in [-0.2, -0.15) is 0 Å². The van der Waals surface area contributed by atoms with Crippen LogP contribution in [0, 0.1) is 0 Å². The van der Waals surface area contributed by atoms with E-state index >= 15 is 0 Å². The monoisotopic (exact) mass is 366 g/mol. The summed E-state index contributed by atoms with van der Waals surface area (Å²) in [5.74, 6) is -0.882. The third-order valence-corrected chi connectivity index (χ3v) is 5.69. The van der Waals surface area contributed by atoms with E-state index in [1.807, 2.05) is 0 Å². The Kier molecular flexibility index (Phi) is 5.68. The van der Waals surface area contributed by atoms with Crippen molar-refractivity contribution in [2.45, 2.75) is 23.8 Å². The SMILES string of the molecule is O=C(O)CN1CCC(NS(=O)(=O)c2ccc(Cl)cc2Cl)CC1. The van der Waals surface area contributed by atoms with Crippen LogP contribution in [0.4, 0.5) is 0 Å². The number of carbonyl (C=O) groups is 1. The van der Waals surface area contributed by atoms with Crippen molar-refractivity contribution in [3.63, 3.8) is 0 Å². The lowest BCUT2D eigenvalue weighted by Crippen LogP contribution is -2.45. The van der Waals surface area contributed by atoms with E-state index in [4.69, 9.17) is 28.3 Å². The number of hydrogen-bond donors (Lipinski definition) is 2. The summed E-state index contributed by atoms with van der Waals surface area (Å²) < 4.78 is 27.3. The van der Waals surface area contributed by atoms with Crippen molar-refractivity contribution in [1.29, 1.82) is 0 Å². The molecular weight excluding hydrogens is 351 g/mol. The van der Waals surface area contributed by atoms with Crippen LogP contribution in [-0.4, -0.2) is 50.1 Å². The van der Waals surface area contributed by atoms with Gasteiger partial charge in [-0.3, -0.25) is 9.69 Å². The summed E-state index contributed by atoms with van der Waals surface area (Å²) in [6.45, 7) is 1.05. The number of carboxylic acid groups (broad SMARTS) is 1. The van der Waals surface area contributed by atoms with Crippen LogP contribution in [-0.2, 0) is 14.8 Å². The second-order valence-corrected chi connectivity index (χ2v) is 7.67. The Balaban J connectivity index is 2.00. The van der Waals surface area contributed by atoms with Crippen LogP contribution in [0.1, 0.15) is 12.8 Å². The Labute approximate surface area is 139 Å². The fraction of sp³-hybridized carbons (Fsp3) is 0.462. The predicted molar refractivity (Wildman–Crippen MR) is 83.9 cm³/mol. The molecule has 0 aliphatic carbocycles. The van der Waals surface area contributed by atoms with E-state index in [2.05, 4.69) is 4.72 Å². The Morgan fingerprint density at radius 3 is 2.50 bits per heavy atom. The van der Waals surface area contributed by atoms with Gasteiger partial charge in [0.2, 0.25) is 10.0 Å². The number of carboxylic acids is 1. The van der Waals surface area contributed by atoms with Crippen LogP contribution >= 0.6 is 23.2 Å². The summed E-state index contributed by atoms with van der Waals surface area (Å²) in [6.07, 6.45) is 1.11. The van der Waals surface area contributed by atoms with Crippen molar-refractivity contribution in [3.05, 3.63) is 28.2 Å². The van der Waals surface area contributed by atoms with Gasteiger partial charge < -0.3 is 5.11 Å². The van der Waals surface area contributed by atoms with Crippen LogP contribution in [0.2, 0.25) is 10.0 Å². The molecule has 1 saturated heterocycles. The molecule has 1 aliphatic heterocycles. The molecule has 6 nitrogen and oxygen atoms in total. The number of aliphatic carboxylic acids is 1. The number of hydrogen-bond acceptors (Lipinski definition) is 4. The summed E-state index contributed by atoms with van der Waals surface area (Å²) in [5, 5.41) is 9.18. The molecule has 1 aromatic carbocycles. The zero-order valence-electron chi connectivity index (χ0n) is 11.6. The molecule has 0 bridgehead atoms. The smallest absolute Gasteiger partial charge is 0.317 e. The second kappa shape index (κ2) is 7.14. The highest BCUT2D eigenvalue weighted by atomic mass is 35.5. The minimum absolute atomic E-state index is 0.00784. The molecule has 1 heterocycles. The minimum atomic E-state index is -3.72. The number of piperidine rings is 1. The maximum absolute atomic E-state index is 12.3. The van der Waals surface area contributed by atoms with Gasteiger partial charge in [0.25, 0.3) is 0 Å². The van der Waals surface area contributed by atoms with Gasteiger partial charge in [0.1, 0.15) is 4.90 Å². The molecule has 22 heavy (non-hydrogen) atoms. The van der Waals surface area contributed by atoms with Crippen molar-refractivity contribution in [2.24, 2.45) is 0 Å². The third-order valence-electron chi connectivity index (χ3n) is 3.45. The van der Waals surface area contributed by atoms with E-state index in [0.29, 0.717) is 31.0 Å². The molecule has 0 spiro atoms. The fourth-order valence-electron chi connectivity index (χ4n) is 2.38. The summed E-state index contributed by atoms with van der Waals surface area (Å²) in [4.78, 5) is 12.4. The molecule has 2 rings (SSSR count). The molecule has 0 amide bonds. The molecule has 122 valence electrons. The van der Waals surface area contributed by atoms with Gasteiger partial charge in [-0.25, -0.2) is 13.1 Å². The van der Waals surface area contributed by atoms with Crippen LogP contribution in [0.15, 0.2) is 23.1 Å². The molecule has 0 atom stereocenters. The van der Waals surface area contributed by atoms with Crippen molar-refractivity contribution in [1.82, 2.24) is 9.62 Å². The molecule has 1 fully saturated rings. The van der Waals surface area contributed by atoms with Gasteiger partial charge in [0, 0.05) is 24.2 Å². The quantitative estimate of drug-likeness (QED) is 0.829. The third kappa shape index (κ3) is 4.57. The van der Waals surface area contributed by atoms with Gasteiger partial charge in [-0.1, -0.05) is 23.2 Å². The Bertz CT molecular complexity index is 658. The summed E-state index contributed by atoms with van der Waals surface area (Å²) in [5.41, 5.74) is 0. The molecule has 0 saturated carbocycles. The van der Waals surface area contributed by atoms with Gasteiger partial charge in [0.05, 0.1) is 11.6 Å². The van der Waals surface area contributed by atoms with Gasteiger partial charge in [-0.15, -0.1) is 0 Å². The average Bonchev–Trinajstić information content (AvgIpc) is 2.39. The number of nitrogens with zero attached hydrogens (tertiary/aromatic N) is 1. The Hall–Kier alpha value is -0.860. The van der Waals surface area contributed by atoms with Crippen molar-refractivity contribution < 1.29 is 18.3 Å². The zero-order valence-corrected chi connectivity index (χ0v) is 14.0. The molecule has 0 unspecified atom stereocenters. The second-order valence-electron chi connectivity index (χ2n) is 5.14. The van der Waals surface area contributed by atoms with Crippen LogP contribution in [0.25, 0.3) is 0 Å². The van der Waals surface area contributed by atoms with Crippen molar-refractivity contribution >= 4 is 39.2 Å². The molecule has 2 N–H and O–H groups in total. The first kappa shape index (κ1) is 17.5. The van der Waals surface area contributed by atoms with Crippen molar-refractivity contribution in [2.75, 3.05) is 19.6 Å². The van der Waals surface area contributed by atoms with Gasteiger partial charge in [0.15, 0.2) is 0 Å². The van der Waals surface area contributed by atoms with E-state index in [9.17, 15) is 13.2 Å². The van der Waals surface area contributed by atoms with Gasteiger partial charge in [-0.05, 0) is 31.0 Å². The predicted octanol–water partition coefficient (Wildman–Crippen LogP) is 1.82. The fourth-order valence-corrected chi connectivity index (χ4v) is 4.45. The topological polar surface area (TPSA) is 86.7 Å². The standard InChI is InChI=1S/C13H16Cl2N2O4S/c14-9-1-2-12(11(15)7-9)22(20,21)16-10-3-5-17(6-4-10)8-13(18)19/h1-2,7,10,16H,3-6,8H2,(H,18,19). The number of likely N-dealkylation sites (tertiary alicyclic amines) is 1. The largest absolute Gasteiger partial charge is 0.480 e. The van der Waals surface area contributed by atoms with E-state index in [-0.39, 0.29) is 22.5 Å². The van der Waals surface area contributed by atoms with Crippen LogP contribution < -0.4 is 4.72 Å². The van der Waals surface area contributed by atoms with Crippen LogP contribution in [0.5, 0.6) is 0 Å². The van der Waals surface area contributed by atoms with Crippen molar-refractivity contribution in [3.8, 4) is 0 Å². The van der Waals surface area contributed by atoms with E-state index in [1.165, 1.54) is 18.2 Å². The highest BCUT2D eigenvalue weighted by molar-refractivity contribution is 7.89. The molecule has 0 aromatic heterocycles. The Morgan fingerprint density at radius 1 is 1.32 bits per heavy atom. The first-order chi connectivity index (χ1) is 10.3. The first-order valence-electron chi connectivity index (χ1n) is 6.69.